The van der Waals surface area contributed by atoms with Gasteiger partial charge in [0.15, 0.2) is 0 Å². The summed E-state index contributed by atoms with van der Waals surface area (Å²) in [5.41, 5.74) is 23.1. The first-order chi connectivity index (χ1) is 34.7. The molecule has 0 saturated carbocycles. The molecule has 0 unspecified atom stereocenters. The Kier molecular flexibility index (Phi) is 8.28. The van der Waals surface area contributed by atoms with Crippen LogP contribution in [0.4, 0.5) is 17.1 Å². The highest BCUT2D eigenvalue weighted by atomic mass is 16.3. The fourth-order valence-electron chi connectivity index (χ4n) is 12.4. The maximum absolute atomic E-state index is 6.52. The quantitative estimate of drug-likeness (QED) is 0.166. The van der Waals surface area contributed by atoms with Crippen LogP contribution in [0.1, 0.15) is 22.3 Å². The minimum Gasteiger partial charge on any atom is -0.456 e. The molecule has 326 valence electrons. The molecule has 2 heterocycles. The first kappa shape index (κ1) is 38.9. The lowest BCUT2D eigenvalue weighted by atomic mass is 9.70. The van der Waals surface area contributed by atoms with E-state index < -0.39 is 5.41 Å². The first-order valence-corrected chi connectivity index (χ1v) is 24.2. The zero-order valence-corrected chi connectivity index (χ0v) is 38.1. The summed E-state index contributed by atoms with van der Waals surface area (Å²) < 4.78 is 8.93. The zero-order chi connectivity index (χ0) is 45.9. The van der Waals surface area contributed by atoms with Crippen LogP contribution in [-0.4, -0.2) is 4.57 Å². The van der Waals surface area contributed by atoms with E-state index in [1.165, 1.54) is 71.9 Å². The van der Waals surface area contributed by atoms with Gasteiger partial charge in [0.25, 0.3) is 0 Å². The summed E-state index contributed by atoms with van der Waals surface area (Å²) in [6, 6.07) is 93.6. The Morgan fingerprint density at radius 1 is 0.329 bits per heavy atom. The van der Waals surface area contributed by atoms with Gasteiger partial charge in [0, 0.05) is 44.2 Å². The van der Waals surface area contributed by atoms with Crippen LogP contribution < -0.4 is 4.90 Å². The molecule has 70 heavy (non-hydrogen) atoms. The van der Waals surface area contributed by atoms with Gasteiger partial charge in [-0.15, -0.1) is 0 Å². The van der Waals surface area contributed by atoms with Crippen LogP contribution in [0.2, 0.25) is 0 Å². The van der Waals surface area contributed by atoms with E-state index in [0.717, 1.165) is 61.3 Å². The fraction of sp³-hybridized carbons (Fsp3) is 0.0149. The van der Waals surface area contributed by atoms with Gasteiger partial charge in [-0.05, 0) is 134 Å². The van der Waals surface area contributed by atoms with Gasteiger partial charge in [-0.3, -0.25) is 0 Å². The number of hydrogen-bond donors (Lipinski definition) is 0. The van der Waals surface area contributed by atoms with Crippen LogP contribution in [-0.2, 0) is 5.41 Å². The molecule has 11 aromatic carbocycles. The van der Waals surface area contributed by atoms with Crippen LogP contribution in [0.25, 0.3) is 93.9 Å². The van der Waals surface area contributed by atoms with Gasteiger partial charge >= 0.3 is 0 Å². The van der Waals surface area contributed by atoms with Gasteiger partial charge in [-0.1, -0.05) is 182 Å². The minimum absolute atomic E-state index is 0.437. The first-order valence-electron chi connectivity index (χ1n) is 24.2. The Morgan fingerprint density at radius 2 is 0.857 bits per heavy atom. The lowest BCUT2D eigenvalue weighted by Gasteiger charge is -2.31. The van der Waals surface area contributed by atoms with Crippen molar-refractivity contribution in [1.82, 2.24) is 4.57 Å². The predicted octanol–water partition coefficient (Wildman–Crippen LogP) is 17.8. The van der Waals surface area contributed by atoms with Crippen LogP contribution in [0.3, 0.4) is 0 Å². The number of furan rings is 1. The van der Waals surface area contributed by atoms with E-state index in [-0.39, 0.29) is 0 Å². The third-order valence-corrected chi connectivity index (χ3v) is 15.2. The molecule has 0 aliphatic heterocycles. The Balaban J connectivity index is 1.01. The molecule has 2 aromatic heterocycles. The smallest absolute Gasteiger partial charge is 0.136 e. The van der Waals surface area contributed by atoms with Crippen molar-refractivity contribution in [3.8, 4) is 50.2 Å². The van der Waals surface area contributed by atoms with Gasteiger partial charge in [0.05, 0.1) is 22.1 Å². The fourth-order valence-corrected chi connectivity index (χ4v) is 12.4. The molecule has 0 fully saturated rings. The molecule has 0 radical (unpaired) electrons. The van der Waals surface area contributed by atoms with Gasteiger partial charge in [-0.25, -0.2) is 0 Å². The molecule has 3 nitrogen and oxygen atoms in total. The normalized spacial score (nSPS) is 13.0. The van der Waals surface area contributed by atoms with E-state index in [9.17, 15) is 0 Å². The summed E-state index contributed by atoms with van der Waals surface area (Å²) in [4.78, 5) is 2.49. The largest absolute Gasteiger partial charge is 0.456 e. The van der Waals surface area contributed by atoms with Crippen molar-refractivity contribution in [2.24, 2.45) is 0 Å². The molecule has 0 N–H and O–H groups in total. The second-order valence-corrected chi connectivity index (χ2v) is 18.7. The monoisotopic (exact) mass is 890 g/mol. The molecule has 0 bridgehead atoms. The molecule has 13 aromatic rings. The second-order valence-electron chi connectivity index (χ2n) is 18.7. The highest BCUT2D eigenvalue weighted by Gasteiger charge is 2.51. The number of rotatable bonds is 6. The molecular weight excluding hydrogens is 849 g/mol. The van der Waals surface area contributed by atoms with E-state index in [1.54, 1.807) is 0 Å². The molecular formula is C67H42N2O. The number of anilines is 3. The van der Waals surface area contributed by atoms with E-state index in [2.05, 4.69) is 258 Å². The number of para-hydroxylation sites is 3. The summed E-state index contributed by atoms with van der Waals surface area (Å²) in [7, 11) is 0. The summed E-state index contributed by atoms with van der Waals surface area (Å²) >= 11 is 0. The molecule has 1 spiro atoms. The molecule has 3 heteroatoms. The third-order valence-electron chi connectivity index (χ3n) is 15.2. The molecule has 2 aliphatic carbocycles. The number of nitrogens with zero attached hydrogens (tertiary/aromatic N) is 2. The SMILES string of the molecule is c1ccc(-c2ccc3c(c2)c2cc(N(c4ccc5c(c4)-c4ccccc4C54c5ccccc5-c5ccccc54)c4ccccc4-c4cccc5oc6ccccc6c45)ccc2n3-c2ccccc2)cc1. The maximum Gasteiger partial charge on any atom is 0.136 e. The van der Waals surface area contributed by atoms with Crippen LogP contribution in [0, 0.1) is 0 Å². The highest BCUT2D eigenvalue weighted by molar-refractivity contribution is 6.15. The zero-order valence-electron chi connectivity index (χ0n) is 38.1. The average Bonchev–Trinajstić information content (AvgIpc) is 4.15. The Morgan fingerprint density at radius 3 is 1.60 bits per heavy atom. The topological polar surface area (TPSA) is 21.3 Å². The van der Waals surface area contributed by atoms with Crippen LogP contribution in [0.15, 0.2) is 259 Å². The number of benzene rings is 11. The third kappa shape index (κ3) is 5.40. The van der Waals surface area contributed by atoms with Crippen molar-refractivity contribution in [2.75, 3.05) is 4.90 Å². The summed E-state index contributed by atoms with van der Waals surface area (Å²) in [5, 5.41) is 4.61. The van der Waals surface area contributed by atoms with E-state index >= 15 is 0 Å². The van der Waals surface area contributed by atoms with E-state index in [4.69, 9.17) is 4.42 Å². The Labute approximate surface area is 405 Å². The summed E-state index contributed by atoms with van der Waals surface area (Å²) in [6.07, 6.45) is 0. The van der Waals surface area contributed by atoms with Crippen molar-refractivity contribution in [3.63, 3.8) is 0 Å². The molecule has 0 saturated heterocycles. The lowest BCUT2D eigenvalue weighted by Crippen LogP contribution is -2.25. The molecule has 0 atom stereocenters. The van der Waals surface area contributed by atoms with E-state index in [0.29, 0.717) is 0 Å². The maximum atomic E-state index is 6.52. The van der Waals surface area contributed by atoms with Gasteiger partial charge in [-0.2, -0.15) is 0 Å². The van der Waals surface area contributed by atoms with Gasteiger partial charge < -0.3 is 13.9 Å². The Bertz CT molecular complexity index is 4210. The van der Waals surface area contributed by atoms with Crippen LogP contribution in [0.5, 0.6) is 0 Å². The summed E-state index contributed by atoms with van der Waals surface area (Å²) in [5.74, 6) is 0. The standard InChI is InChI=1S/C67H42N2O/c1-3-18-43(19-4-1)44-34-38-62-55(40-44)56-42-47(36-39-63(56)69(62)45-20-5-2-6-21-45)68(61-31-15-10-25-51(61)52-27-17-33-65-66(52)53-26-11-16-32-64(53)70-65)46-35-37-60-54(41-46)50-24-9-14-30-59(50)67(60)57-28-12-7-22-48(57)49-23-8-13-29-58(49)67/h1-42H. The average molecular weight is 891 g/mol. The van der Waals surface area contributed by atoms with Gasteiger partial charge in [0.2, 0.25) is 0 Å². The van der Waals surface area contributed by atoms with Crippen molar-refractivity contribution in [1.29, 1.82) is 0 Å². The van der Waals surface area contributed by atoms with Crippen molar-refractivity contribution >= 4 is 60.8 Å². The second kappa shape index (κ2) is 14.9. The highest BCUT2D eigenvalue weighted by Crippen LogP contribution is 2.63. The number of fused-ring (bicyclic) bond motifs is 16. The van der Waals surface area contributed by atoms with Crippen molar-refractivity contribution in [3.05, 3.63) is 277 Å². The summed E-state index contributed by atoms with van der Waals surface area (Å²) in [6.45, 7) is 0. The van der Waals surface area contributed by atoms with Crippen LogP contribution >= 0.6 is 0 Å². The van der Waals surface area contributed by atoms with Crippen molar-refractivity contribution in [2.45, 2.75) is 5.41 Å². The number of hydrogen-bond acceptors (Lipinski definition) is 2. The molecule has 15 rings (SSSR count). The molecule has 0 amide bonds. The minimum atomic E-state index is -0.437. The molecule has 2 aliphatic rings. The Hall–Kier alpha value is -9.18. The van der Waals surface area contributed by atoms with Crippen molar-refractivity contribution < 1.29 is 4.42 Å². The lowest BCUT2D eigenvalue weighted by molar-refractivity contribution is 0.669. The van der Waals surface area contributed by atoms with Gasteiger partial charge in [0.1, 0.15) is 11.2 Å². The predicted molar refractivity (Wildman–Crippen MR) is 290 cm³/mol. The number of aromatic nitrogens is 1. The van der Waals surface area contributed by atoms with E-state index in [1.807, 2.05) is 6.07 Å².